The minimum Gasteiger partial charge on any atom is -0.380 e. The van der Waals surface area contributed by atoms with Gasteiger partial charge in [0.15, 0.2) is 0 Å². The highest BCUT2D eigenvalue weighted by Crippen LogP contribution is 2.04. The molecular weight excluding hydrogens is 220 g/mol. The average molecular weight is 238 g/mol. The quantitative estimate of drug-likeness (QED) is 0.496. The number of nitrogens with one attached hydrogen (secondary N) is 2. The van der Waals surface area contributed by atoms with Crippen molar-refractivity contribution >= 4 is 11.6 Å². The molecule has 1 aromatic rings. The third kappa shape index (κ3) is 4.38. The summed E-state index contributed by atoms with van der Waals surface area (Å²) in [4.78, 5) is 15.7. The minimum absolute atomic E-state index is 0.0449. The van der Waals surface area contributed by atoms with E-state index in [0.29, 0.717) is 24.6 Å². The molecule has 0 aromatic carbocycles. The summed E-state index contributed by atoms with van der Waals surface area (Å²) in [6.07, 6.45) is 1.50. The van der Waals surface area contributed by atoms with Crippen molar-refractivity contribution in [2.24, 2.45) is 5.84 Å². The summed E-state index contributed by atoms with van der Waals surface area (Å²) in [6.45, 7) is 4.91. The topological polar surface area (TPSA) is 89.3 Å². The molecule has 0 radical (unpaired) electrons. The van der Waals surface area contributed by atoms with Crippen molar-refractivity contribution in [3.63, 3.8) is 0 Å². The van der Waals surface area contributed by atoms with Gasteiger partial charge in [-0.25, -0.2) is 4.98 Å². The Morgan fingerprint density at radius 3 is 2.88 bits per heavy atom. The first-order valence-electron chi connectivity index (χ1n) is 5.48. The summed E-state index contributed by atoms with van der Waals surface area (Å²) in [5.74, 6) is 4.98. The van der Waals surface area contributed by atoms with Gasteiger partial charge in [0.05, 0.1) is 18.5 Å². The van der Waals surface area contributed by atoms with E-state index < -0.39 is 0 Å². The Labute approximate surface area is 101 Å². The molecule has 0 aliphatic heterocycles. The van der Waals surface area contributed by atoms with Crippen LogP contribution >= 0.6 is 0 Å². The van der Waals surface area contributed by atoms with E-state index in [4.69, 9.17) is 10.6 Å². The fraction of sp³-hybridized carbons (Fsp3) is 0.455. The van der Waals surface area contributed by atoms with Crippen molar-refractivity contribution in [2.45, 2.75) is 19.9 Å². The second-order valence-corrected chi connectivity index (χ2v) is 3.61. The maximum atomic E-state index is 11.7. The van der Waals surface area contributed by atoms with Crippen LogP contribution in [0, 0.1) is 0 Å². The molecule has 0 bridgehead atoms. The number of pyridine rings is 1. The maximum Gasteiger partial charge on any atom is 0.270 e. The molecule has 1 aromatic heterocycles. The molecular formula is C11H18N4O2. The van der Waals surface area contributed by atoms with Crippen LogP contribution in [-0.2, 0) is 4.74 Å². The fourth-order valence-electron chi connectivity index (χ4n) is 1.25. The van der Waals surface area contributed by atoms with E-state index in [1.54, 1.807) is 12.1 Å². The van der Waals surface area contributed by atoms with E-state index in [-0.39, 0.29) is 11.9 Å². The van der Waals surface area contributed by atoms with Crippen LogP contribution in [0.1, 0.15) is 24.3 Å². The van der Waals surface area contributed by atoms with E-state index in [2.05, 4.69) is 15.7 Å². The third-order valence-electron chi connectivity index (χ3n) is 2.11. The number of hydrogen-bond acceptors (Lipinski definition) is 5. The number of hydrogen-bond donors (Lipinski definition) is 3. The molecule has 6 nitrogen and oxygen atoms in total. The van der Waals surface area contributed by atoms with Crippen LogP contribution in [0.5, 0.6) is 0 Å². The van der Waals surface area contributed by atoms with E-state index in [1.165, 1.54) is 6.20 Å². The SMILES string of the molecule is CCOCC(C)NC(=O)c1ccc(NN)cn1. The zero-order valence-corrected chi connectivity index (χ0v) is 10.1. The van der Waals surface area contributed by atoms with Crippen molar-refractivity contribution in [3.05, 3.63) is 24.0 Å². The smallest absolute Gasteiger partial charge is 0.270 e. The lowest BCUT2D eigenvalue weighted by molar-refractivity contribution is 0.0867. The highest BCUT2D eigenvalue weighted by atomic mass is 16.5. The lowest BCUT2D eigenvalue weighted by Gasteiger charge is -2.13. The number of carbonyl (C=O) groups excluding carboxylic acids is 1. The summed E-state index contributed by atoms with van der Waals surface area (Å²) in [6, 6.07) is 3.25. The summed E-state index contributed by atoms with van der Waals surface area (Å²) in [5, 5.41) is 2.79. The third-order valence-corrected chi connectivity index (χ3v) is 2.11. The van der Waals surface area contributed by atoms with Crippen LogP contribution in [0.2, 0.25) is 0 Å². The summed E-state index contributed by atoms with van der Waals surface area (Å²) >= 11 is 0. The number of nitrogens with zero attached hydrogens (tertiary/aromatic N) is 1. The van der Waals surface area contributed by atoms with Crippen LogP contribution < -0.4 is 16.6 Å². The molecule has 1 heterocycles. The first-order chi connectivity index (χ1) is 8.17. The molecule has 1 atom stereocenters. The number of amides is 1. The molecule has 0 saturated carbocycles. The number of nitrogens with two attached hydrogens (primary N) is 1. The van der Waals surface area contributed by atoms with Gasteiger partial charge in [-0.2, -0.15) is 0 Å². The predicted molar refractivity (Wildman–Crippen MR) is 65.5 cm³/mol. The van der Waals surface area contributed by atoms with E-state index in [0.717, 1.165) is 0 Å². The lowest BCUT2D eigenvalue weighted by Crippen LogP contribution is -2.36. The van der Waals surface area contributed by atoms with Crippen LogP contribution in [0.4, 0.5) is 5.69 Å². The molecule has 4 N–H and O–H groups in total. The largest absolute Gasteiger partial charge is 0.380 e. The summed E-state index contributed by atoms with van der Waals surface area (Å²) < 4.78 is 5.21. The highest BCUT2D eigenvalue weighted by Gasteiger charge is 2.10. The Bertz CT molecular complexity index is 353. The molecule has 0 spiro atoms. The number of rotatable bonds is 6. The Morgan fingerprint density at radius 1 is 1.59 bits per heavy atom. The van der Waals surface area contributed by atoms with Crippen molar-refractivity contribution in [1.29, 1.82) is 0 Å². The zero-order chi connectivity index (χ0) is 12.7. The minimum atomic E-state index is -0.222. The number of anilines is 1. The number of ether oxygens (including phenoxy) is 1. The second kappa shape index (κ2) is 6.82. The fourth-order valence-corrected chi connectivity index (χ4v) is 1.25. The van der Waals surface area contributed by atoms with Gasteiger partial charge in [0.25, 0.3) is 5.91 Å². The number of aromatic nitrogens is 1. The van der Waals surface area contributed by atoms with E-state index >= 15 is 0 Å². The van der Waals surface area contributed by atoms with Gasteiger partial charge >= 0.3 is 0 Å². The highest BCUT2D eigenvalue weighted by molar-refractivity contribution is 5.92. The first-order valence-corrected chi connectivity index (χ1v) is 5.48. The van der Waals surface area contributed by atoms with Gasteiger partial charge in [-0.15, -0.1) is 0 Å². The molecule has 94 valence electrons. The van der Waals surface area contributed by atoms with Gasteiger partial charge < -0.3 is 15.5 Å². The van der Waals surface area contributed by atoms with Gasteiger partial charge in [0.1, 0.15) is 5.69 Å². The van der Waals surface area contributed by atoms with Crippen LogP contribution in [0.25, 0.3) is 0 Å². The Hall–Kier alpha value is -1.66. The molecule has 0 aliphatic carbocycles. The standard InChI is InChI=1S/C11H18N4O2/c1-3-17-7-8(2)14-11(16)10-5-4-9(15-12)6-13-10/h4-6,8,15H,3,7,12H2,1-2H3,(H,14,16). The molecule has 0 fully saturated rings. The monoisotopic (exact) mass is 238 g/mol. The van der Waals surface area contributed by atoms with Crippen molar-refractivity contribution < 1.29 is 9.53 Å². The Morgan fingerprint density at radius 2 is 2.35 bits per heavy atom. The molecule has 1 rings (SSSR count). The lowest BCUT2D eigenvalue weighted by atomic mass is 10.3. The van der Waals surface area contributed by atoms with Gasteiger partial charge in [-0.05, 0) is 26.0 Å². The molecule has 0 saturated heterocycles. The van der Waals surface area contributed by atoms with Crippen LogP contribution in [-0.4, -0.2) is 30.1 Å². The Kier molecular flexibility index (Phi) is 5.38. The van der Waals surface area contributed by atoms with E-state index in [9.17, 15) is 4.79 Å². The average Bonchev–Trinajstić information content (AvgIpc) is 2.36. The van der Waals surface area contributed by atoms with Gasteiger partial charge in [-0.1, -0.05) is 0 Å². The zero-order valence-electron chi connectivity index (χ0n) is 10.1. The molecule has 17 heavy (non-hydrogen) atoms. The number of nitrogen functional groups attached to an aromatic ring is 1. The second-order valence-electron chi connectivity index (χ2n) is 3.61. The van der Waals surface area contributed by atoms with Gasteiger partial charge in [0, 0.05) is 12.6 Å². The molecule has 1 amide bonds. The maximum absolute atomic E-state index is 11.7. The summed E-state index contributed by atoms with van der Waals surface area (Å²) in [5.41, 5.74) is 3.46. The summed E-state index contributed by atoms with van der Waals surface area (Å²) in [7, 11) is 0. The normalized spacial score (nSPS) is 11.9. The first kappa shape index (κ1) is 13.4. The number of hydrazine groups is 1. The number of carbonyl (C=O) groups is 1. The van der Waals surface area contributed by atoms with E-state index in [1.807, 2.05) is 13.8 Å². The van der Waals surface area contributed by atoms with Crippen molar-refractivity contribution in [3.8, 4) is 0 Å². The molecule has 6 heteroatoms. The molecule has 0 aliphatic rings. The predicted octanol–water partition coefficient (Wildman–Crippen LogP) is 0.522. The van der Waals surface area contributed by atoms with Crippen molar-refractivity contribution in [1.82, 2.24) is 10.3 Å². The van der Waals surface area contributed by atoms with Crippen LogP contribution in [0.15, 0.2) is 18.3 Å². The van der Waals surface area contributed by atoms with Gasteiger partial charge in [-0.3, -0.25) is 10.6 Å². The van der Waals surface area contributed by atoms with Gasteiger partial charge in [0.2, 0.25) is 0 Å². The van der Waals surface area contributed by atoms with Crippen LogP contribution in [0.3, 0.4) is 0 Å². The Balaban J connectivity index is 2.51. The van der Waals surface area contributed by atoms with Crippen molar-refractivity contribution in [2.75, 3.05) is 18.6 Å². The molecule has 1 unspecified atom stereocenters.